The van der Waals surface area contributed by atoms with E-state index in [1.807, 2.05) is 23.1 Å². The van der Waals surface area contributed by atoms with Gasteiger partial charge in [0, 0.05) is 18.9 Å². The third-order valence-corrected chi connectivity index (χ3v) is 1.55. The van der Waals surface area contributed by atoms with Crippen molar-refractivity contribution in [2.75, 3.05) is 0 Å². The van der Waals surface area contributed by atoms with Gasteiger partial charge in [0.2, 0.25) is 0 Å². The van der Waals surface area contributed by atoms with E-state index in [2.05, 4.69) is 12.0 Å². The Bertz CT molecular complexity index is 202. The van der Waals surface area contributed by atoms with E-state index in [1.165, 1.54) is 19.3 Å². The van der Waals surface area contributed by atoms with Crippen molar-refractivity contribution in [1.29, 1.82) is 0 Å². The first-order chi connectivity index (χ1) is 6.66. The number of aryl methyl sites for hydroxylation is 1. The molecular formula is C8H15BrN2O3. The number of aromatic nitrogens is 2. The van der Waals surface area contributed by atoms with E-state index >= 15 is 0 Å². The second-order valence-corrected chi connectivity index (χ2v) is 3.52. The van der Waals surface area contributed by atoms with Crippen LogP contribution < -0.4 is 8.40 Å². The monoisotopic (exact) mass is 266 g/mol. The summed E-state index contributed by atoms with van der Waals surface area (Å²) in [5.74, 6) is 0. The highest BCUT2D eigenvalue weighted by atomic mass is 80.0. The predicted octanol–water partition coefficient (Wildman–Crippen LogP) is -0.862. The number of rotatable bonds is 4. The predicted molar refractivity (Wildman–Crippen MR) is 44.0 cm³/mol. The maximum Gasteiger partial charge on any atom is 0.433 e. The standard InChI is InChI=1S/C8H14N2.BrHO3/c1-2-3-4-7-10-8-5-6-9-10;2-1(3)4/h5-6,8H,2-4,7H2,1H3;2H. The van der Waals surface area contributed by atoms with Gasteiger partial charge in [0.25, 0.3) is 0 Å². The highest BCUT2D eigenvalue weighted by molar-refractivity contribution is 4.77. The topological polar surface area (TPSA) is 84.2 Å². The number of nitrogens with zero attached hydrogens (tertiary/aromatic N) is 2. The largest absolute Gasteiger partial charge is 0.433 e. The molecule has 0 aromatic carbocycles. The SMILES string of the molecule is CCCCCn1cccn1.[O-][Br+2]([O-])O. The quantitative estimate of drug-likeness (QED) is 0.719. The zero-order valence-electron chi connectivity index (χ0n) is 8.10. The fraction of sp³-hybridized carbons (Fsp3) is 0.625. The van der Waals surface area contributed by atoms with Crippen molar-refractivity contribution in [1.82, 2.24) is 9.78 Å². The van der Waals surface area contributed by atoms with Gasteiger partial charge < -0.3 is 8.40 Å². The minimum atomic E-state index is -3.40. The third-order valence-electron chi connectivity index (χ3n) is 1.55. The fourth-order valence-electron chi connectivity index (χ4n) is 0.957. The summed E-state index contributed by atoms with van der Waals surface area (Å²) in [5.41, 5.74) is 0. The molecule has 1 rings (SSSR count). The molecule has 0 bridgehead atoms. The van der Waals surface area contributed by atoms with Crippen molar-refractivity contribution < 1.29 is 27.4 Å². The second kappa shape index (κ2) is 9.14. The first kappa shape index (κ1) is 13.6. The molecule has 1 aromatic heterocycles. The van der Waals surface area contributed by atoms with E-state index in [1.54, 1.807) is 0 Å². The summed E-state index contributed by atoms with van der Waals surface area (Å²) in [7, 11) is 0. The van der Waals surface area contributed by atoms with Crippen LogP contribution in [0.4, 0.5) is 0 Å². The highest BCUT2D eigenvalue weighted by Crippen LogP contribution is 1.96. The molecule has 6 heteroatoms. The maximum atomic E-state index is 8.63. The van der Waals surface area contributed by atoms with Crippen LogP contribution in [0, 0.1) is 14.8 Å². The molecule has 0 unspecified atom stereocenters. The van der Waals surface area contributed by atoms with Crippen LogP contribution in [0.1, 0.15) is 26.2 Å². The Morgan fingerprint density at radius 3 is 2.50 bits per heavy atom. The third kappa shape index (κ3) is 9.66. The van der Waals surface area contributed by atoms with Crippen LogP contribution in [-0.2, 0) is 6.54 Å². The van der Waals surface area contributed by atoms with Gasteiger partial charge in [-0.2, -0.15) is 5.10 Å². The summed E-state index contributed by atoms with van der Waals surface area (Å²) in [5, 5.41) is 4.10. The molecule has 0 spiro atoms. The van der Waals surface area contributed by atoms with Crippen molar-refractivity contribution in [2.24, 2.45) is 0 Å². The summed E-state index contributed by atoms with van der Waals surface area (Å²) < 4.78 is 26.3. The lowest BCUT2D eigenvalue weighted by Gasteiger charge is -1.97. The number of unbranched alkanes of at least 4 members (excludes halogenated alkanes) is 2. The van der Waals surface area contributed by atoms with Crippen LogP contribution in [0.25, 0.3) is 0 Å². The second-order valence-electron chi connectivity index (χ2n) is 2.68. The van der Waals surface area contributed by atoms with Gasteiger partial charge in [0.1, 0.15) is 0 Å². The molecule has 1 aromatic rings. The van der Waals surface area contributed by atoms with E-state index in [0.29, 0.717) is 0 Å². The van der Waals surface area contributed by atoms with Gasteiger partial charge in [-0.1, -0.05) is 19.8 Å². The molecule has 0 saturated carbocycles. The normalized spacial score (nSPS) is 9.79. The Morgan fingerprint density at radius 1 is 1.43 bits per heavy atom. The van der Waals surface area contributed by atoms with Crippen molar-refractivity contribution in [3.63, 3.8) is 0 Å². The van der Waals surface area contributed by atoms with Crippen molar-refractivity contribution in [3.05, 3.63) is 18.5 Å². The van der Waals surface area contributed by atoms with Crippen molar-refractivity contribution in [3.8, 4) is 0 Å². The van der Waals surface area contributed by atoms with Gasteiger partial charge in [0.05, 0.1) is 0 Å². The molecule has 14 heavy (non-hydrogen) atoms. The van der Waals surface area contributed by atoms with Gasteiger partial charge in [0.15, 0.2) is 0 Å². The van der Waals surface area contributed by atoms with Crippen molar-refractivity contribution in [2.45, 2.75) is 32.7 Å². The van der Waals surface area contributed by atoms with Crippen LogP contribution in [0.15, 0.2) is 18.5 Å². The lowest BCUT2D eigenvalue weighted by molar-refractivity contribution is -1.63. The summed E-state index contributed by atoms with van der Waals surface area (Å²) in [6, 6.07) is 1.96. The van der Waals surface area contributed by atoms with E-state index in [0.717, 1.165) is 6.54 Å². The summed E-state index contributed by atoms with van der Waals surface area (Å²) in [6.07, 6.45) is 7.67. The molecule has 0 aliphatic carbocycles. The molecular weight excluding hydrogens is 252 g/mol. The van der Waals surface area contributed by atoms with Crippen LogP contribution >= 0.6 is 0 Å². The maximum absolute atomic E-state index is 8.63. The first-order valence-corrected chi connectivity index (χ1v) is 6.39. The summed E-state index contributed by atoms with van der Waals surface area (Å²) in [6.45, 7) is 3.28. The lowest BCUT2D eigenvalue weighted by Crippen LogP contribution is -2.30. The highest BCUT2D eigenvalue weighted by Gasteiger charge is 1.88. The van der Waals surface area contributed by atoms with Crippen LogP contribution in [0.5, 0.6) is 0 Å². The van der Waals surface area contributed by atoms with E-state index < -0.39 is 14.8 Å². The molecule has 0 radical (unpaired) electrons. The minimum absolute atomic E-state index is 1.07. The molecule has 0 amide bonds. The first-order valence-electron chi connectivity index (χ1n) is 4.38. The average molecular weight is 267 g/mol. The lowest BCUT2D eigenvalue weighted by atomic mass is 10.2. The van der Waals surface area contributed by atoms with E-state index in [-0.39, 0.29) is 0 Å². The molecule has 1 N–H and O–H groups in total. The molecule has 0 aliphatic rings. The Balaban J connectivity index is 0.000000364. The van der Waals surface area contributed by atoms with Crippen LogP contribution in [-0.4, -0.2) is 14.0 Å². The van der Waals surface area contributed by atoms with Gasteiger partial charge in [-0.15, -0.1) is 0 Å². The van der Waals surface area contributed by atoms with Crippen LogP contribution in [0.2, 0.25) is 0 Å². The Kier molecular flexibility index (Phi) is 8.86. The Labute approximate surface area is 88.8 Å². The van der Waals surface area contributed by atoms with Gasteiger partial charge in [-0.25, -0.2) is 0 Å². The summed E-state index contributed by atoms with van der Waals surface area (Å²) in [4.78, 5) is 0. The zero-order chi connectivity index (χ0) is 10.8. The molecule has 82 valence electrons. The van der Waals surface area contributed by atoms with E-state index in [9.17, 15) is 0 Å². The van der Waals surface area contributed by atoms with Gasteiger partial charge in [-0.3, -0.25) is 4.68 Å². The minimum Gasteiger partial charge on any atom is -0.372 e. The molecule has 1 heterocycles. The molecule has 0 fully saturated rings. The fourth-order valence-corrected chi connectivity index (χ4v) is 0.957. The molecule has 0 aliphatic heterocycles. The number of hydrogen-bond acceptors (Lipinski definition) is 4. The number of halogens is 1. The van der Waals surface area contributed by atoms with E-state index in [4.69, 9.17) is 12.6 Å². The Hall–Kier alpha value is -0.430. The average Bonchev–Trinajstić information content (AvgIpc) is 2.56. The molecule has 0 saturated heterocycles. The van der Waals surface area contributed by atoms with Crippen molar-refractivity contribution >= 4 is 0 Å². The number of hydrogen-bond donors (Lipinski definition) is 1. The van der Waals surface area contributed by atoms with Gasteiger partial charge >= 0.3 is 14.8 Å². The smallest absolute Gasteiger partial charge is 0.372 e. The Morgan fingerprint density at radius 2 is 2.07 bits per heavy atom. The van der Waals surface area contributed by atoms with Gasteiger partial charge in [-0.05, 0) is 16.7 Å². The molecule has 5 nitrogen and oxygen atoms in total. The van der Waals surface area contributed by atoms with Crippen LogP contribution in [0.3, 0.4) is 0 Å². The molecule has 0 atom stereocenters. The zero-order valence-corrected chi connectivity index (χ0v) is 9.68. The summed E-state index contributed by atoms with van der Waals surface area (Å²) >= 11 is -3.40.